The van der Waals surface area contributed by atoms with Crippen molar-refractivity contribution in [3.05, 3.63) is 38.1 Å². The van der Waals surface area contributed by atoms with Gasteiger partial charge in [0.1, 0.15) is 29.1 Å². The molecular weight excluding hydrogens is 444 g/mol. The quantitative estimate of drug-likeness (QED) is 0.623. The van der Waals surface area contributed by atoms with E-state index in [1.165, 1.54) is 26.2 Å². The highest BCUT2D eigenvalue weighted by atomic mass is 79.9. The van der Waals surface area contributed by atoms with Crippen LogP contribution in [0.1, 0.15) is 25.0 Å². The predicted molar refractivity (Wildman–Crippen MR) is 107 cm³/mol. The molecule has 0 saturated carbocycles. The lowest BCUT2D eigenvalue weighted by atomic mass is 9.96. The number of hydrogen-bond acceptors (Lipinski definition) is 8. The SMILES string of the molecule is CCOc1cc(-c2c(C#N)c(N)[nH]c(=O)c2C#N)cc(Br)c1OC(C)C(=O)OC. The third-order valence-electron chi connectivity index (χ3n) is 3.89. The number of rotatable bonds is 6. The Morgan fingerprint density at radius 3 is 2.52 bits per heavy atom. The maximum absolute atomic E-state index is 12.2. The summed E-state index contributed by atoms with van der Waals surface area (Å²) in [5, 5.41) is 18.9. The second-order valence-corrected chi connectivity index (χ2v) is 6.57. The van der Waals surface area contributed by atoms with E-state index in [4.69, 9.17) is 15.2 Å². The van der Waals surface area contributed by atoms with Crippen LogP contribution in [0.25, 0.3) is 11.1 Å². The third-order valence-corrected chi connectivity index (χ3v) is 4.48. The number of anilines is 1. The monoisotopic (exact) mass is 460 g/mol. The maximum Gasteiger partial charge on any atom is 0.346 e. The molecule has 1 atom stereocenters. The number of halogens is 1. The molecule has 150 valence electrons. The molecular formula is C19H17BrN4O5. The van der Waals surface area contributed by atoms with E-state index >= 15 is 0 Å². The first-order valence-electron chi connectivity index (χ1n) is 8.36. The summed E-state index contributed by atoms with van der Waals surface area (Å²) in [6.07, 6.45) is -0.916. The van der Waals surface area contributed by atoms with Gasteiger partial charge in [0.25, 0.3) is 5.56 Å². The molecule has 10 heteroatoms. The molecule has 2 aromatic rings. The molecule has 1 unspecified atom stereocenters. The lowest BCUT2D eigenvalue weighted by molar-refractivity contribution is -0.147. The van der Waals surface area contributed by atoms with Crippen molar-refractivity contribution in [3.63, 3.8) is 0 Å². The molecule has 0 saturated heterocycles. The average Bonchev–Trinajstić information content (AvgIpc) is 2.69. The molecule has 9 nitrogen and oxygen atoms in total. The van der Waals surface area contributed by atoms with Gasteiger partial charge in [-0.1, -0.05) is 0 Å². The Hall–Kier alpha value is -3.50. The van der Waals surface area contributed by atoms with Gasteiger partial charge in [0.05, 0.1) is 18.2 Å². The molecule has 0 aliphatic carbocycles. The first kappa shape index (κ1) is 21.8. The van der Waals surface area contributed by atoms with Crippen LogP contribution in [-0.2, 0) is 9.53 Å². The second kappa shape index (κ2) is 9.13. The Morgan fingerprint density at radius 2 is 1.97 bits per heavy atom. The van der Waals surface area contributed by atoms with Crippen molar-refractivity contribution in [2.45, 2.75) is 20.0 Å². The topological polar surface area (TPSA) is 151 Å². The Kier molecular flexibility index (Phi) is 6.86. The van der Waals surface area contributed by atoms with E-state index < -0.39 is 17.6 Å². The number of methoxy groups -OCH3 is 1. The zero-order valence-corrected chi connectivity index (χ0v) is 17.4. The van der Waals surface area contributed by atoms with E-state index in [0.717, 1.165) is 0 Å². The molecule has 2 rings (SSSR count). The van der Waals surface area contributed by atoms with Crippen LogP contribution >= 0.6 is 15.9 Å². The van der Waals surface area contributed by atoms with Crippen LogP contribution in [0.2, 0.25) is 0 Å². The van der Waals surface area contributed by atoms with E-state index in [-0.39, 0.29) is 40.6 Å². The van der Waals surface area contributed by atoms with Crippen molar-refractivity contribution in [2.24, 2.45) is 0 Å². The summed E-state index contributed by atoms with van der Waals surface area (Å²) in [7, 11) is 1.24. The summed E-state index contributed by atoms with van der Waals surface area (Å²) in [5.74, 6) is -0.271. The molecule has 0 spiro atoms. The van der Waals surface area contributed by atoms with Gasteiger partial charge in [0.15, 0.2) is 17.6 Å². The number of ether oxygens (including phenoxy) is 3. The number of nitrogens with zero attached hydrogens (tertiary/aromatic N) is 2. The van der Waals surface area contributed by atoms with Gasteiger partial charge >= 0.3 is 5.97 Å². The zero-order valence-electron chi connectivity index (χ0n) is 15.8. The fourth-order valence-electron chi connectivity index (χ4n) is 2.61. The van der Waals surface area contributed by atoms with Gasteiger partial charge in [-0.15, -0.1) is 0 Å². The number of benzene rings is 1. The summed E-state index contributed by atoms with van der Waals surface area (Å²) in [6.45, 7) is 3.54. The molecule has 0 amide bonds. The van der Waals surface area contributed by atoms with Gasteiger partial charge in [-0.25, -0.2) is 4.79 Å². The molecule has 29 heavy (non-hydrogen) atoms. The van der Waals surface area contributed by atoms with E-state index in [9.17, 15) is 20.1 Å². The van der Waals surface area contributed by atoms with Crippen molar-refractivity contribution in [2.75, 3.05) is 19.5 Å². The number of pyridine rings is 1. The smallest absolute Gasteiger partial charge is 0.346 e. The van der Waals surface area contributed by atoms with Crippen molar-refractivity contribution in [3.8, 4) is 34.8 Å². The standard InChI is InChI=1S/C19H17BrN4O5/c1-4-28-14-6-10(5-13(20)16(14)29-9(2)19(26)27-3)15-11(7-21)17(23)24-18(25)12(15)8-22/h5-6,9H,4H2,1-3H3,(H3,23,24,25). The van der Waals surface area contributed by atoms with Gasteiger partial charge in [-0.2, -0.15) is 10.5 Å². The van der Waals surface area contributed by atoms with Crippen LogP contribution in [0.5, 0.6) is 11.5 Å². The zero-order chi connectivity index (χ0) is 21.7. The highest BCUT2D eigenvalue weighted by Gasteiger charge is 2.24. The fourth-order valence-corrected chi connectivity index (χ4v) is 3.15. The number of aromatic amines is 1. The highest BCUT2D eigenvalue weighted by molar-refractivity contribution is 9.10. The number of nitrogen functional groups attached to an aromatic ring is 1. The van der Waals surface area contributed by atoms with Crippen molar-refractivity contribution < 1.29 is 19.0 Å². The second-order valence-electron chi connectivity index (χ2n) is 5.72. The Bertz CT molecular complexity index is 1100. The van der Waals surface area contributed by atoms with E-state index in [1.807, 2.05) is 6.07 Å². The summed E-state index contributed by atoms with van der Waals surface area (Å²) in [5.41, 5.74) is 5.15. The molecule has 0 radical (unpaired) electrons. The average molecular weight is 461 g/mol. The summed E-state index contributed by atoms with van der Waals surface area (Å²) in [4.78, 5) is 26.2. The normalized spacial score (nSPS) is 11.1. The minimum absolute atomic E-state index is 0.0490. The lowest BCUT2D eigenvalue weighted by Gasteiger charge is -2.19. The lowest BCUT2D eigenvalue weighted by Crippen LogP contribution is -2.25. The number of nitriles is 2. The number of carbonyl (C=O) groups is 1. The van der Waals surface area contributed by atoms with Gasteiger partial charge in [0, 0.05) is 5.56 Å². The predicted octanol–water partition coefficient (Wildman–Crippen LogP) is 2.47. The molecule has 1 heterocycles. The van der Waals surface area contributed by atoms with Crippen LogP contribution in [0.15, 0.2) is 21.4 Å². The minimum Gasteiger partial charge on any atom is -0.490 e. The van der Waals surface area contributed by atoms with Gasteiger partial charge in [0.2, 0.25) is 0 Å². The number of aromatic nitrogens is 1. The van der Waals surface area contributed by atoms with Crippen LogP contribution in [0, 0.1) is 22.7 Å². The number of nitrogens with two attached hydrogens (primary N) is 1. The number of H-pyrrole nitrogens is 1. The van der Waals surface area contributed by atoms with Crippen molar-refractivity contribution in [1.29, 1.82) is 10.5 Å². The summed E-state index contributed by atoms with van der Waals surface area (Å²) >= 11 is 3.35. The van der Waals surface area contributed by atoms with E-state index in [0.29, 0.717) is 10.0 Å². The number of nitrogens with one attached hydrogen (secondary N) is 1. The van der Waals surface area contributed by atoms with Gasteiger partial charge in [-0.3, -0.25) is 4.79 Å². The van der Waals surface area contributed by atoms with Crippen LogP contribution in [-0.4, -0.2) is 30.8 Å². The fraction of sp³-hybridized carbons (Fsp3) is 0.263. The molecule has 1 aromatic carbocycles. The molecule has 1 aromatic heterocycles. The van der Waals surface area contributed by atoms with Crippen molar-refractivity contribution in [1.82, 2.24) is 4.98 Å². The van der Waals surface area contributed by atoms with Crippen LogP contribution < -0.4 is 20.8 Å². The first-order chi connectivity index (χ1) is 13.8. The first-order valence-corrected chi connectivity index (χ1v) is 9.15. The van der Waals surface area contributed by atoms with E-state index in [1.54, 1.807) is 13.0 Å². The van der Waals surface area contributed by atoms with Crippen LogP contribution in [0.3, 0.4) is 0 Å². The molecule has 0 aliphatic heterocycles. The Labute approximate surface area is 174 Å². The minimum atomic E-state index is -0.916. The summed E-state index contributed by atoms with van der Waals surface area (Å²) < 4.78 is 16.3. The van der Waals surface area contributed by atoms with Gasteiger partial charge < -0.3 is 24.9 Å². The maximum atomic E-state index is 12.2. The van der Waals surface area contributed by atoms with Gasteiger partial charge in [-0.05, 0) is 47.5 Å². The highest BCUT2D eigenvalue weighted by Crippen LogP contribution is 2.42. The Balaban J connectivity index is 2.75. The molecule has 3 N–H and O–H groups in total. The molecule has 0 aliphatic rings. The summed E-state index contributed by atoms with van der Waals surface area (Å²) in [6, 6.07) is 6.76. The molecule has 0 bridgehead atoms. The number of hydrogen-bond donors (Lipinski definition) is 2. The van der Waals surface area contributed by atoms with E-state index in [2.05, 4.69) is 25.7 Å². The number of esters is 1. The molecule has 0 fully saturated rings. The Morgan fingerprint density at radius 1 is 1.31 bits per heavy atom. The van der Waals surface area contributed by atoms with Crippen molar-refractivity contribution >= 4 is 27.7 Å². The largest absolute Gasteiger partial charge is 0.490 e. The number of carbonyl (C=O) groups excluding carboxylic acids is 1. The van der Waals surface area contributed by atoms with Crippen LogP contribution in [0.4, 0.5) is 5.82 Å². The third kappa shape index (κ3) is 4.33.